The van der Waals surface area contributed by atoms with E-state index in [1.165, 1.54) is 18.3 Å². The summed E-state index contributed by atoms with van der Waals surface area (Å²) < 4.78 is 45.3. The lowest BCUT2D eigenvalue weighted by Gasteiger charge is -2.10. The number of sulfonamides is 1. The van der Waals surface area contributed by atoms with Gasteiger partial charge in [0.2, 0.25) is 0 Å². The summed E-state index contributed by atoms with van der Waals surface area (Å²) in [5.41, 5.74) is 5.85. The van der Waals surface area contributed by atoms with Gasteiger partial charge in [-0.15, -0.1) is 0 Å². The number of anilines is 1. The van der Waals surface area contributed by atoms with Crippen LogP contribution in [0.1, 0.15) is 12.5 Å². The first-order valence-corrected chi connectivity index (χ1v) is 7.63. The van der Waals surface area contributed by atoms with Gasteiger partial charge in [-0.2, -0.15) is 13.5 Å². The molecule has 4 N–H and O–H groups in total. The fourth-order valence-corrected chi connectivity index (χ4v) is 2.91. The first kappa shape index (κ1) is 15.3. The van der Waals surface area contributed by atoms with Crippen molar-refractivity contribution in [3.8, 4) is 5.75 Å². The van der Waals surface area contributed by atoms with Crippen molar-refractivity contribution in [2.75, 3.05) is 11.3 Å². The van der Waals surface area contributed by atoms with Crippen LogP contribution in [0.25, 0.3) is 0 Å². The lowest BCUT2D eigenvalue weighted by atomic mass is 10.3. The van der Waals surface area contributed by atoms with Gasteiger partial charge in [0, 0.05) is 18.2 Å². The van der Waals surface area contributed by atoms with Crippen LogP contribution in [-0.4, -0.2) is 25.2 Å². The topological polar surface area (TPSA) is 110 Å². The van der Waals surface area contributed by atoms with Gasteiger partial charge in [-0.05, 0) is 19.1 Å². The molecule has 0 saturated carbocycles. The predicted molar refractivity (Wildman–Crippen MR) is 74.9 cm³/mol. The highest BCUT2D eigenvalue weighted by molar-refractivity contribution is 7.92. The molecular formula is C12H15FN4O3S. The van der Waals surface area contributed by atoms with Gasteiger partial charge in [0.05, 0.1) is 18.5 Å². The predicted octanol–water partition coefficient (Wildman–Crippen LogP) is 1.21. The molecule has 9 heteroatoms. The molecule has 0 bridgehead atoms. The Morgan fingerprint density at radius 3 is 2.86 bits per heavy atom. The molecule has 2 aromatic rings. The molecule has 7 nitrogen and oxygen atoms in total. The maximum absolute atomic E-state index is 13.7. The highest BCUT2D eigenvalue weighted by Crippen LogP contribution is 2.23. The molecule has 0 radical (unpaired) electrons. The number of nitrogens with zero attached hydrogens (tertiary/aromatic N) is 1. The average molecular weight is 314 g/mol. The number of aromatic nitrogens is 2. The van der Waals surface area contributed by atoms with Crippen molar-refractivity contribution >= 4 is 15.7 Å². The van der Waals surface area contributed by atoms with Crippen LogP contribution >= 0.6 is 0 Å². The summed E-state index contributed by atoms with van der Waals surface area (Å²) in [5.74, 6) is -0.592. The fraction of sp³-hybridized carbons (Fsp3) is 0.250. The molecule has 1 aromatic heterocycles. The first-order valence-electron chi connectivity index (χ1n) is 6.15. The van der Waals surface area contributed by atoms with E-state index in [0.29, 0.717) is 12.2 Å². The lowest BCUT2D eigenvalue weighted by Crippen LogP contribution is -2.16. The van der Waals surface area contributed by atoms with E-state index in [-0.39, 0.29) is 23.0 Å². The van der Waals surface area contributed by atoms with Gasteiger partial charge in [0.15, 0.2) is 16.6 Å². The van der Waals surface area contributed by atoms with Crippen molar-refractivity contribution in [3.63, 3.8) is 0 Å². The first-order chi connectivity index (χ1) is 9.97. The number of benzene rings is 1. The summed E-state index contributed by atoms with van der Waals surface area (Å²) in [4.78, 5) is 0. The molecule has 2 rings (SSSR count). The largest absolute Gasteiger partial charge is 0.491 e. The Hall–Kier alpha value is -2.13. The zero-order valence-corrected chi connectivity index (χ0v) is 12.1. The standard InChI is InChI=1S/C12H15FN4O3S/c1-2-20-11-4-3-9(5-10(11)13)17-21(18,19)12-8(6-14)7-15-16-12/h3-5,7,17H,2,6,14H2,1H3,(H,15,16). The second-order valence-corrected chi connectivity index (χ2v) is 5.73. The Balaban J connectivity index is 2.27. The third-order valence-corrected chi connectivity index (χ3v) is 4.05. The minimum Gasteiger partial charge on any atom is -0.491 e. The quantitative estimate of drug-likeness (QED) is 0.742. The van der Waals surface area contributed by atoms with Crippen LogP contribution in [0, 0.1) is 5.82 Å². The summed E-state index contributed by atoms with van der Waals surface area (Å²) in [6.45, 7) is 2.06. The SMILES string of the molecule is CCOc1ccc(NS(=O)(=O)c2[nH]ncc2CN)cc1F. The Labute approximate surface area is 121 Å². The number of halogens is 1. The summed E-state index contributed by atoms with van der Waals surface area (Å²) >= 11 is 0. The molecule has 0 aliphatic carbocycles. The van der Waals surface area contributed by atoms with Crippen LogP contribution < -0.4 is 15.2 Å². The second-order valence-electron chi connectivity index (χ2n) is 4.11. The summed E-state index contributed by atoms with van der Waals surface area (Å²) in [6, 6.07) is 3.80. The van der Waals surface area contributed by atoms with Crippen molar-refractivity contribution in [2.45, 2.75) is 18.5 Å². The molecule has 0 aliphatic heterocycles. The number of hydrogen-bond acceptors (Lipinski definition) is 5. The fourth-order valence-electron chi connectivity index (χ4n) is 1.72. The van der Waals surface area contributed by atoms with Gasteiger partial charge in [0.1, 0.15) is 0 Å². The number of ether oxygens (including phenoxy) is 1. The third kappa shape index (κ3) is 3.31. The maximum Gasteiger partial charge on any atom is 0.279 e. The van der Waals surface area contributed by atoms with E-state index in [0.717, 1.165) is 6.07 Å². The van der Waals surface area contributed by atoms with Gasteiger partial charge < -0.3 is 10.5 Å². The second kappa shape index (κ2) is 6.10. The number of aromatic amines is 1. The van der Waals surface area contributed by atoms with Crippen molar-refractivity contribution in [3.05, 3.63) is 35.8 Å². The summed E-state index contributed by atoms with van der Waals surface area (Å²) in [7, 11) is -3.91. The molecule has 1 aromatic carbocycles. The van der Waals surface area contributed by atoms with Gasteiger partial charge in [0.25, 0.3) is 10.0 Å². The molecule has 1 heterocycles. The van der Waals surface area contributed by atoms with Gasteiger partial charge in [-0.25, -0.2) is 4.39 Å². The number of nitrogens with two attached hydrogens (primary N) is 1. The maximum atomic E-state index is 13.7. The molecule has 114 valence electrons. The van der Waals surface area contributed by atoms with Gasteiger partial charge >= 0.3 is 0 Å². The molecule has 0 atom stereocenters. The zero-order chi connectivity index (χ0) is 15.5. The Morgan fingerprint density at radius 1 is 1.48 bits per heavy atom. The Kier molecular flexibility index (Phi) is 4.43. The van der Waals surface area contributed by atoms with E-state index in [2.05, 4.69) is 14.9 Å². The number of H-pyrrole nitrogens is 1. The van der Waals surface area contributed by atoms with Gasteiger partial charge in [-0.1, -0.05) is 0 Å². The molecule has 0 fully saturated rings. The molecule has 0 unspecified atom stereocenters. The van der Waals surface area contributed by atoms with Crippen LogP contribution in [0.3, 0.4) is 0 Å². The van der Waals surface area contributed by atoms with Crippen molar-refractivity contribution < 1.29 is 17.5 Å². The number of hydrogen-bond donors (Lipinski definition) is 3. The minimum atomic E-state index is -3.91. The Bertz CT molecular complexity index is 730. The van der Waals surface area contributed by atoms with Crippen molar-refractivity contribution in [1.82, 2.24) is 10.2 Å². The molecule has 0 saturated heterocycles. The van der Waals surface area contributed by atoms with Crippen molar-refractivity contribution in [1.29, 1.82) is 0 Å². The van der Waals surface area contributed by atoms with E-state index >= 15 is 0 Å². The van der Waals surface area contributed by atoms with Crippen LogP contribution in [0.15, 0.2) is 29.4 Å². The van der Waals surface area contributed by atoms with E-state index in [9.17, 15) is 12.8 Å². The number of rotatable bonds is 6. The highest BCUT2D eigenvalue weighted by atomic mass is 32.2. The van der Waals surface area contributed by atoms with Crippen LogP contribution in [-0.2, 0) is 16.6 Å². The molecule has 0 aliphatic rings. The van der Waals surface area contributed by atoms with E-state index in [1.807, 2.05) is 0 Å². The van der Waals surface area contributed by atoms with E-state index in [4.69, 9.17) is 10.5 Å². The average Bonchev–Trinajstić information content (AvgIpc) is 2.91. The molecule has 0 amide bonds. The smallest absolute Gasteiger partial charge is 0.279 e. The molecule has 21 heavy (non-hydrogen) atoms. The van der Waals surface area contributed by atoms with Crippen LogP contribution in [0.2, 0.25) is 0 Å². The normalized spacial score (nSPS) is 11.4. The van der Waals surface area contributed by atoms with Crippen molar-refractivity contribution in [2.24, 2.45) is 5.73 Å². The summed E-state index contributed by atoms with van der Waals surface area (Å²) in [5, 5.41) is 5.86. The number of nitrogens with one attached hydrogen (secondary N) is 2. The third-order valence-electron chi connectivity index (χ3n) is 2.65. The van der Waals surface area contributed by atoms with E-state index in [1.54, 1.807) is 6.92 Å². The molecular weight excluding hydrogens is 299 g/mol. The summed E-state index contributed by atoms with van der Waals surface area (Å²) in [6.07, 6.45) is 1.33. The zero-order valence-electron chi connectivity index (χ0n) is 11.3. The Morgan fingerprint density at radius 2 is 2.24 bits per heavy atom. The highest BCUT2D eigenvalue weighted by Gasteiger charge is 2.20. The van der Waals surface area contributed by atoms with Crippen LogP contribution in [0.4, 0.5) is 10.1 Å². The lowest BCUT2D eigenvalue weighted by molar-refractivity contribution is 0.321. The minimum absolute atomic E-state index is 0.0182. The molecule has 0 spiro atoms. The van der Waals surface area contributed by atoms with E-state index < -0.39 is 15.8 Å². The monoisotopic (exact) mass is 314 g/mol. The van der Waals surface area contributed by atoms with Crippen LogP contribution in [0.5, 0.6) is 5.75 Å². The van der Waals surface area contributed by atoms with Gasteiger partial charge in [-0.3, -0.25) is 9.82 Å².